The molecule has 0 fully saturated rings. The first-order chi connectivity index (χ1) is 5.79. The van der Waals surface area contributed by atoms with Gasteiger partial charge in [0.2, 0.25) is 0 Å². The highest BCUT2D eigenvalue weighted by Gasteiger charge is 2.06. The average molecular weight is 252 g/mol. The predicted octanol–water partition coefficient (Wildman–Crippen LogP) is 1.89. The summed E-state index contributed by atoms with van der Waals surface area (Å²) < 4.78 is 17.7. The van der Waals surface area contributed by atoms with E-state index in [9.17, 15) is 4.39 Å². The predicted molar refractivity (Wildman–Crippen MR) is 51.9 cm³/mol. The van der Waals surface area contributed by atoms with Crippen LogP contribution in [0, 0.1) is 5.82 Å². The number of benzene rings is 1. The molecule has 3 nitrogen and oxygen atoms in total. The van der Waals surface area contributed by atoms with E-state index in [-0.39, 0.29) is 29.3 Å². The molecule has 13 heavy (non-hydrogen) atoms. The normalized spacial score (nSPS) is 9.15. The average Bonchev–Trinajstić information content (AvgIpc) is 2.05. The maximum Gasteiger partial charge on any atom is 0.165 e. The highest BCUT2D eigenvalue weighted by molar-refractivity contribution is 8.93. The molecule has 1 rings (SSSR count). The van der Waals surface area contributed by atoms with Gasteiger partial charge < -0.3 is 9.94 Å². The van der Waals surface area contributed by atoms with Crippen molar-refractivity contribution in [1.29, 1.82) is 0 Å². The van der Waals surface area contributed by atoms with Crippen molar-refractivity contribution in [2.45, 2.75) is 6.54 Å². The molecular formula is C8H11BrFNO2. The van der Waals surface area contributed by atoms with Crippen LogP contribution in [0.5, 0.6) is 5.75 Å². The van der Waals surface area contributed by atoms with E-state index in [0.29, 0.717) is 5.56 Å². The summed E-state index contributed by atoms with van der Waals surface area (Å²) in [5, 5.41) is 8.40. The standard InChI is InChI=1S/C8H10FNO2.BrH/c1-12-8-6(5-10-11)3-2-4-7(8)9;/h2-4,10-11H,5H2,1H3;1H. The Bertz CT molecular complexity index is 270. The molecule has 0 unspecified atom stereocenters. The van der Waals surface area contributed by atoms with Crippen LogP contribution < -0.4 is 10.2 Å². The molecule has 0 aliphatic heterocycles. The van der Waals surface area contributed by atoms with E-state index in [1.54, 1.807) is 12.1 Å². The maximum absolute atomic E-state index is 12.9. The molecule has 0 radical (unpaired) electrons. The number of nitrogens with one attached hydrogen (secondary N) is 1. The van der Waals surface area contributed by atoms with Gasteiger partial charge in [-0.05, 0) is 6.07 Å². The van der Waals surface area contributed by atoms with Gasteiger partial charge in [0.1, 0.15) is 0 Å². The summed E-state index contributed by atoms with van der Waals surface area (Å²) in [5.41, 5.74) is 2.52. The molecule has 0 heterocycles. The molecule has 1 aromatic rings. The van der Waals surface area contributed by atoms with Gasteiger partial charge >= 0.3 is 0 Å². The number of hydrogen-bond acceptors (Lipinski definition) is 3. The largest absolute Gasteiger partial charge is 0.493 e. The molecule has 0 spiro atoms. The van der Waals surface area contributed by atoms with Gasteiger partial charge in [-0.1, -0.05) is 12.1 Å². The zero-order chi connectivity index (χ0) is 8.97. The van der Waals surface area contributed by atoms with Gasteiger partial charge in [0.15, 0.2) is 11.6 Å². The van der Waals surface area contributed by atoms with Gasteiger partial charge in [-0.3, -0.25) is 0 Å². The molecule has 0 aromatic heterocycles. The van der Waals surface area contributed by atoms with Crippen LogP contribution >= 0.6 is 17.0 Å². The SMILES string of the molecule is Br.COc1c(F)cccc1CNO. The smallest absolute Gasteiger partial charge is 0.165 e. The van der Waals surface area contributed by atoms with Crippen LogP contribution in [0.15, 0.2) is 18.2 Å². The van der Waals surface area contributed by atoms with Crippen molar-refractivity contribution in [2.24, 2.45) is 0 Å². The van der Waals surface area contributed by atoms with E-state index in [2.05, 4.69) is 0 Å². The minimum Gasteiger partial charge on any atom is -0.493 e. The summed E-state index contributed by atoms with van der Waals surface area (Å²) >= 11 is 0. The number of hydroxylamine groups is 1. The fraction of sp³-hybridized carbons (Fsp3) is 0.250. The lowest BCUT2D eigenvalue weighted by atomic mass is 10.2. The third-order valence-electron chi connectivity index (χ3n) is 1.52. The van der Waals surface area contributed by atoms with Crippen LogP contribution in [0.4, 0.5) is 4.39 Å². The molecule has 0 aliphatic carbocycles. The number of rotatable bonds is 3. The molecule has 0 saturated heterocycles. The first-order valence-corrected chi connectivity index (χ1v) is 3.48. The van der Waals surface area contributed by atoms with Crippen molar-refractivity contribution in [3.05, 3.63) is 29.6 Å². The molecule has 5 heteroatoms. The van der Waals surface area contributed by atoms with Crippen LogP contribution in [-0.2, 0) is 6.54 Å². The van der Waals surface area contributed by atoms with Crippen molar-refractivity contribution in [3.8, 4) is 5.75 Å². The summed E-state index contributed by atoms with van der Waals surface area (Å²) in [6.45, 7) is 0.168. The minimum atomic E-state index is -0.426. The summed E-state index contributed by atoms with van der Waals surface area (Å²) in [6.07, 6.45) is 0. The zero-order valence-electron chi connectivity index (χ0n) is 7.08. The van der Waals surface area contributed by atoms with Gasteiger partial charge in [-0.2, -0.15) is 0 Å². The lowest BCUT2D eigenvalue weighted by Gasteiger charge is -2.07. The van der Waals surface area contributed by atoms with Crippen molar-refractivity contribution < 1.29 is 14.3 Å². The molecule has 74 valence electrons. The second-order valence-electron chi connectivity index (χ2n) is 2.27. The van der Waals surface area contributed by atoms with E-state index >= 15 is 0 Å². The van der Waals surface area contributed by atoms with Crippen molar-refractivity contribution >= 4 is 17.0 Å². The minimum absolute atomic E-state index is 0. The van der Waals surface area contributed by atoms with E-state index in [0.717, 1.165) is 0 Å². The Kier molecular flexibility index (Phi) is 5.61. The number of para-hydroxylation sites is 1. The topological polar surface area (TPSA) is 41.5 Å². The van der Waals surface area contributed by atoms with Crippen LogP contribution in [0.3, 0.4) is 0 Å². The highest BCUT2D eigenvalue weighted by Crippen LogP contribution is 2.21. The fourth-order valence-corrected chi connectivity index (χ4v) is 1.01. The van der Waals surface area contributed by atoms with E-state index < -0.39 is 5.82 Å². The lowest BCUT2D eigenvalue weighted by Crippen LogP contribution is -2.08. The third kappa shape index (κ3) is 2.95. The molecule has 1 aromatic carbocycles. The fourth-order valence-electron chi connectivity index (χ4n) is 1.01. The van der Waals surface area contributed by atoms with Gasteiger partial charge in [-0.15, -0.1) is 17.0 Å². The Morgan fingerprint density at radius 1 is 1.54 bits per heavy atom. The van der Waals surface area contributed by atoms with Crippen LogP contribution in [0.25, 0.3) is 0 Å². The Morgan fingerprint density at radius 3 is 2.77 bits per heavy atom. The molecule has 0 aliphatic rings. The second kappa shape index (κ2) is 5.90. The summed E-state index contributed by atoms with van der Waals surface area (Å²) in [5.74, 6) is -0.260. The molecular weight excluding hydrogens is 241 g/mol. The van der Waals surface area contributed by atoms with Crippen molar-refractivity contribution in [1.82, 2.24) is 5.48 Å². The molecule has 0 bridgehead atoms. The van der Waals surface area contributed by atoms with Crippen LogP contribution in [-0.4, -0.2) is 12.3 Å². The number of ether oxygens (including phenoxy) is 1. The molecule has 2 N–H and O–H groups in total. The van der Waals surface area contributed by atoms with E-state index in [4.69, 9.17) is 9.94 Å². The van der Waals surface area contributed by atoms with Crippen molar-refractivity contribution in [2.75, 3.05) is 7.11 Å². The maximum atomic E-state index is 12.9. The second-order valence-corrected chi connectivity index (χ2v) is 2.27. The van der Waals surface area contributed by atoms with Crippen molar-refractivity contribution in [3.63, 3.8) is 0 Å². The monoisotopic (exact) mass is 251 g/mol. The van der Waals surface area contributed by atoms with Gasteiger partial charge in [0, 0.05) is 12.1 Å². The molecule has 0 atom stereocenters. The summed E-state index contributed by atoms with van der Waals surface area (Å²) in [4.78, 5) is 0. The third-order valence-corrected chi connectivity index (χ3v) is 1.52. The molecule has 0 amide bonds. The number of methoxy groups -OCH3 is 1. The molecule has 0 saturated carbocycles. The highest BCUT2D eigenvalue weighted by atomic mass is 79.9. The van der Waals surface area contributed by atoms with Crippen LogP contribution in [0.2, 0.25) is 0 Å². The van der Waals surface area contributed by atoms with Gasteiger partial charge in [0.25, 0.3) is 0 Å². The Balaban J connectivity index is 0.00000144. The number of hydrogen-bond donors (Lipinski definition) is 2. The van der Waals surface area contributed by atoms with E-state index in [1.807, 2.05) is 5.48 Å². The summed E-state index contributed by atoms with van der Waals surface area (Å²) in [7, 11) is 1.39. The first kappa shape index (κ1) is 12.3. The zero-order valence-corrected chi connectivity index (χ0v) is 8.79. The Hall–Kier alpha value is -0.650. The number of halogens is 2. The Morgan fingerprint density at radius 2 is 2.23 bits per heavy atom. The van der Waals surface area contributed by atoms with E-state index in [1.165, 1.54) is 13.2 Å². The summed E-state index contributed by atoms with van der Waals surface area (Å²) in [6, 6.07) is 4.54. The van der Waals surface area contributed by atoms with Gasteiger partial charge in [0.05, 0.1) is 7.11 Å². The quantitative estimate of drug-likeness (QED) is 0.807. The van der Waals surface area contributed by atoms with Crippen LogP contribution in [0.1, 0.15) is 5.56 Å². The first-order valence-electron chi connectivity index (χ1n) is 3.48. The lowest BCUT2D eigenvalue weighted by molar-refractivity contribution is 0.160. The van der Waals surface area contributed by atoms with Gasteiger partial charge in [-0.25, -0.2) is 9.87 Å². The Labute approximate surface area is 86.3 Å².